The molecule has 0 spiro atoms. The predicted molar refractivity (Wildman–Crippen MR) is 64.2 cm³/mol. The van der Waals surface area contributed by atoms with E-state index in [-0.39, 0.29) is 12.2 Å². The van der Waals surface area contributed by atoms with E-state index in [2.05, 4.69) is 11.4 Å². The van der Waals surface area contributed by atoms with Crippen molar-refractivity contribution in [1.82, 2.24) is 5.32 Å². The first-order chi connectivity index (χ1) is 7.43. The minimum atomic E-state index is -0.516. The van der Waals surface area contributed by atoms with E-state index in [1.54, 1.807) is 7.05 Å². The second kappa shape index (κ2) is 7.61. The summed E-state index contributed by atoms with van der Waals surface area (Å²) >= 11 is 0. The molecule has 2 atom stereocenters. The minimum absolute atomic E-state index is 0.0489. The van der Waals surface area contributed by atoms with Crippen LogP contribution in [0, 0.1) is 11.3 Å². The van der Waals surface area contributed by atoms with Crippen molar-refractivity contribution >= 4 is 0 Å². The highest BCUT2D eigenvalue weighted by Gasteiger charge is 2.24. The second-order valence-electron chi connectivity index (χ2n) is 4.50. The first-order valence-corrected chi connectivity index (χ1v) is 5.77. The zero-order valence-electron chi connectivity index (χ0n) is 11.0. The van der Waals surface area contributed by atoms with Gasteiger partial charge in [-0.05, 0) is 34.7 Å². The van der Waals surface area contributed by atoms with Gasteiger partial charge >= 0.3 is 0 Å². The third-order valence-electron chi connectivity index (χ3n) is 2.43. The number of hydrogen-bond acceptors (Lipinski definition) is 4. The lowest BCUT2D eigenvalue weighted by atomic mass is 9.97. The van der Waals surface area contributed by atoms with Crippen LogP contribution < -0.4 is 5.32 Å². The first kappa shape index (κ1) is 15.4. The van der Waals surface area contributed by atoms with Crippen molar-refractivity contribution in [3.8, 4) is 6.07 Å². The van der Waals surface area contributed by atoms with Gasteiger partial charge in [0, 0.05) is 6.42 Å². The molecule has 0 amide bonds. The number of nitriles is 1. The van der Waals surface area contributed by atoms with E-state index in [1.165, 1.54) is 0 Å². The Morgan fingerprint density at radius 3 is 2.25 bits per heavy atom. The van der Waals surface area contributed by atoms with E-state index < -0.39 is 5.54 Å². The molecular weight excluding hydrogens is 204 g/mol. The van der Waals surface area contributed by atoms with Crippen LogP contribution in [0.1, 0.15) is 34.1 Å². The highest BCUT2D eigenvalue weighted by molar-refractivity contribution is 5.03. The average molecular weight is 228 g/mol. The summed E-state index contributed by atoms with van der Waals surface area (Å²) in [4.78, 5) is 0. The van der Waals surface area contributed by atoms with E-state index in [9.17, 15) is 0 Å². The van der Waals surface area contributed by atoms with Crippen molar-refractivity contribution in [2.24, 2.45) is 0 Å². The normalized spacial score (nSPS) is 16.8. The Hall–Kier alpha value is -0.630. The van der Waals surface area contributed by atoms with Gasteiger partial charge in [-0.15, -0.1) is 0 Å². The molecule has 0 aromatic rings. The van der Waals surface area contributed by atoms with Crippen molar-refractivity contribution in [3.63, 3.8) is 0 Å². The van der Waals surface area contributed by atoms with Gasteiger partial charge in [0.15, 0.2) is 0 Å². The van der Waals surface area contributed by atoms with Gasteiger partial charge in [0.25, 0.3) is 0 Å². The zero-order chi connectivity index (χ0) is 12.6. The van der Waals surface area contributed by atoms with Crippen LogP contribution >= 0.6 is 0 Å². The Kier molecular flexibility index (Phi) is 7.31. The summed E-state index contributed by atoms with van der Waals surface area (Å²) in [5.74, 6) is 0. The van der Waals surface area contributed by atoms with Gasteiger partial charge in [0.1, 0.15) is 5.54 Å². The molecule has 0 saturated carbocycles. The molecule has 0 aromatic heterocycles. The number of nitrogens with zero attached hydrogens (tertiary/aromatic N) is 1. The highest BCUT2D eigenvalue weighted by Crippen LogP contribution is 2.12. The fourth-order valence-corrected chi connectivity index (χ4v) is 1.37. The Morgan fingerprint density at radius 2 is 1.81 bits per heavy atom. The van der Waals surface area contributed by atoms with Gasteiger partial charge in [-0.1, -0.05) is 0 Å². The van der Waals surface area contributed by atoms with Crippen molar-refractivity contribution in [2.75, 3.05) is 20.3 Å². The Bertz CT molecular complexity index is 226. The molecule has 0 bridgehead atoms. The summed E-state index contributed by atoms with van der Waals surface area (Å²) in [7, 11) is 1.79. The van der Waals surface area contributed by atoms with Gasteiger partial charge in [0.2, 0.25) is 0 Å². The van der Waals surface area contributed by atoms with Crippen LogP contribution in [0.5, 0.6) is 0 Å². The molecule has 4 heteroatoms. The first-order valence-electron chi connectivity index (χ1n) is 5.77. The van der Waals surface area contributed by atoms with Crippen LogP contribution in [0.4, 0.5) is 0 Å². The maximum absolute atomic E-state index is 8.99. The van der Waals surface area contributed by atoms with Gasteiger partial charge in [-0.2, -0.15) is 5.26 Å². The van der Waals surface area contributed by atoms with Crippen LogP contribution in [0.3, 0.4) is 0 Å². The van der Waals surface area contributed by atoms with Crippen LogP contribution in [-0.4, -0.2) is 38.0 Å². The van der Waals surface area contributed by atoms with E-state index >= 15 is 0 Å². The molecule has 16 heavy (non-hydrogen) atoms. The number of ether oxygens (including phenoxy) is 2. The zero-order valence-corrected chi connectivity index (χ0v) is 11.0. The Morgan fingerprint density at radius 1 is 1.25 bits per heavy atom. The summed E-state index contributed by atoms with van der Waals surface area (Å²) in [6.07, 6.45) is 0.954. The molecule has 94 valence electrons. The second-order valence-corrected chi connectivity index (χ2v) is 4.50. The Balaban J connectivity index is 3.74. The van der Waals surface area contributed by atoms with E-state index in [0.717, 1.165) is 0 Å². The average Bonchev–Trinajstić information content (AvgIpc) is 2.24. The molecular formula is C12H24N2O2. The van der Waals surface area contributed by atoms with Gasteiger partial charge < -0.3 is 14.8 Å². The van der Waals surface area contributed by atoms with Gasteiger partial charge in [-0.25, -0.2) is 0 Å². The fraction of sp³-hybridized carbons (Fsp3) is 0.917. The smallest absolute Gasteiger partial charge is 0.106 e. The standard InChI is InChI=1S/C12H24N2O2/c1-10(2)15-6-7-16-11(3)8-12(4,9-13)14-5/h10-11,14H,6-8H2,1-5H3. The van der Waals surface area contributed by atoms with E-state index in [1.807, 2.05) is 27.7 Å². The molecule has 4 nitrogen and oxygen atoms in total. The maximum Gasteiger partial charge on any atom is 0.106 e. The van der Waals surface area contributed by atoms with Crippen LogP contribution in [-0.2, 0) is 9.47 Å². The predicted octanol–water partition coefficient (Wildman–Crippen LogP) is 1.71. The third-order valence-corrected chi connectivity index (χ3v) is 2.43. The van der Waals surface area contributed by atoms with Crippen molar-refractivity contribution in [2.45, 2.75) is 51.9 Å². The molecule has 0 aromatic carbocycles. The SMILES string of the molecule is CNC(C)(C#N)CC(C)OCCOC(C)C. The molecule has 2 unspecified atom stereocenters. The molecule has 0 aliphatic heterocycles. The highest BCUT2D eigenvalue weighted by atomic mass is 16.5. The molecule has 0 aliphatic rings. The molecule has 0 heterocycles. The van der Waals surface area contributed by atoms with Crippen molar-refractivity contribution in [3.05, 3.63) is 0 Å². The maximum atomic E-state index is 8.99. The van der Waals surface area contributed by atoms with E-state index in [0.29, 0.717) is 19.6 Å². The number of rotatable bonds is 8. The minimum Gasteiger partial charge on any atom is -0.376 e. The van der Waals surface area contributed by atoms with Gasteiger partial charge in [-0.3, -0.25) is 0 Å². The summed E-state index contributed by atoms with van der Waals surface area (Å²) < 4.78 is 10.9. The molecule has 0 rings (SSSR count). The molecule has 1 N–H and O–H groups in total. The molecule has 0 aliphatic carbocycles. The lowest BCUT2D eigenvalue weighted by Gasteiger charge is -2.24. The van der Waals surface area contributed by atoms with Crippen LogP contribution in [0.15, 0.2) is 0 Å². The molecule has 0 saturated heterocycles. The molecule has 0 fully saturated rings. The third kappa shape index (κ3) is 6.78. The summed E-state index contributed by atoms with van der Waals surface area (Å²) in [6.45, 7) is 9.02. The number of nitrogens with one attached hydrogen (secondary N) is 1. The monoisotopic (exact) mass is 228 g/mol. The van der Waals surface area contributed by atoms with Crippen LogP contribution in [0.25, 0.3) is 0 Å². The topological polar surface area (TPSA) is 54.3 Å². The van der Waals surface area contributed by atoms with Crippen LogP contribution in [0.2, 0.25) is 0 Å². The molecule has 0 radical (unpaired) electrons. The van der Waals surface area contributed by atoms with E-state index in [4.69, 9.17) is 14.7 Å². The summed E-state index contributed by atoms with van der Waals surface area (Å²) in [6, 6.07) is 2.25. The fourth-order valence-electron chi connectivity index (χ4n) is 1.37. The largest absolute Gasteiger partial charge is 0.376 e. The summed E-state index contributed by atoms with van der Waals surface area (Å²) in [5, 5.41) is 12.0. The number of hydrogen-bond donors (Lipinski definition) is 1. The quantitative estimate of drug-likeness (QED) is 0.643. The van der Waals surface area contributed by atoms with Crippen molar-refractivity contribution < 1.29 is 9.47 Å². The van der Waals surface area contributed by atoms with Crippen molar-refractivity contribution in [1.29, 1.82) is 5.26 Å². The Labute approximate surface area is 98.9 Å². The van der Waals surface area contributed by atoms with Gasteiger partial charge in [0.05, 0.1) is 31.5 Å². The lowest BCUT2D eigenvalue weighted by Crippen LogP contribution is -2.41. The summed E-state index contributed by atoms with van der Waals surface area (Å²) in [5.41, 5.74) is -0.516. The lowest BCUT2D eigenvalue weighted by molar-refractivity contribution is -0.0136.